The van der Waals surface area contributed by atoms with Gasteiger partial charge in [-0.2, -0.15) is 13.2 Å². The fraction of sp³-hybridized carbons (Fsp3) is 0.130. The van der Waals surface area contributed by atoms with Crippen LogP contribution >= 0.6 is 11.3 Å². The molecule has 3 aromatic rings. The van der Waals surface area contributed by atoms with Crippen molar-refractivity contribution in [2.75, 3.05) is 18.2 Å². The van der Waals surface area contributed by atoms with Crippen LogP contribution in [0.3, 0.4) is 0 Å². The average Bonchev–Trinajstić information content (AvgIpc) is 3.27. The standard InChI is InChI=1S/C23H19F3N2O5S2/c1-35(31,32)17-7-2-4-14(10-17)19-8-9-20(34-19)18(12-21(27)23(24,25)26)28-15-5-3-6-16(11-15)33-13-22(29)30/h2-12,27-28H,13H2,1H3,(H,29,30)/b18-12-,27-21?. The molecule has 0 saturated heterocycles. The highest BCUT2D eigenvalue weighted by molar-refractivity contribution is 7.90. The molecule has 0 aliphatic heterocycles. The molecule has 1 heterocycles. The summed E-state index contributed by atoms with van der Waals surface area (Å²) in [5.41, 5.74) is -0.729. The smallest absolute Gasteiger partial charge is 0.432 e. The largest absolute Gasteiger partial charge is 0.482 e. The topological polar surface area (TPSA) is 117 Å². The van der Waals surface area contributed by atoms with Gasteiger partial charge in [0.25, 0.3) is 0 Å². The number of hydrogen-bond acceptors (Lipinski definition) is 7. The highest BCUT2D eigenvalue weighted by atomic mass is 32.2. The molecule has 12 heteroatoms. The maximum absolute atomic E-state index is 13.1. The van der Waals surface area contributed by atoms with Crippen LogP contribution in [0.15, 0.2) is 71.6 Å². The van der Waals surface area contributed by atoms with Crippen LogP contribution < -0.4 is 10.1 Å². The van der Waals surface area contributed by atoms with Crippen LogP contribution in [0.5, 0.6) is 5.75 Å². The summed E-state index contributed by atoms with van der Waals surface area (Å²) in [5.74, 6) is -0.999. The number of carboxylic acids is 1. The molecular formula is C23H19F3N2O5S2. The number of aliphatic carboxylic acids is 1. The average molecular weight is 525 g/mol. The van der Waals surface area contributed by atoms with E-state index < -0.39 is 34.3 Å². The Morgan fingerprint density at radius 1 is 1.14 bits per heavy atom. The Labute approximate surface area is 202 Å². The molecule has 0 aliphatic rings. The van der Waals surface area contributed by atoms with Gasteiger partial charge in [-0.1, -0.05) is 18.2 Å². The van der Waals surface area contributed by atoms with Crippen LogP contribution in [0, 0.1) is 5.41 Å². The fourth-order valence-electron chi connectivity index (χ4n) is 2.88. The SMILES string of the molecule is CS(=O)(=O)c1cccc(-c2ccc(/C(=C/C(=N)C(F)(F)F)Nc3cccc(OCC(=O)O)c3)s2)c1. The molecule has 2 aromatic carbocycles. The molecule has 0 aliphatic carbocycles. The van der Waals surface area contributed by atoms with Gasteiger partial charge in [0.2, 0.25) is 0 Å². The minimum Gasteiger partial charge on any atom is -0.482 e. The quantitative estimate of drug-likeness (QED) is 0.327. The van der Waals surface area contributed by atoms with Crippen molar-refractivity contribution in [3.05, 3.63) is 71.6 Å². The molecule has 0 fully saturated rings. The molecule has 3 N–H and O–H groups in total. The van der Waals surface area contributed by atoms with Gasteiger partial charge in [-0.05, 0) is 48.0 Å². The first kappa shape index (κ1) is 26.0. The van der Waals surface area contributed by atoms with Crippen molar-refractivity contribution in [2.45, 2.75) is 11.1 Å². The second-order valence-electron chi connectivity index (χ2n) is 7.27. The molecule has 0 unspecified atom stereocenters. The van der Waals surface area contributed by atoms with Gasteiger partial charge >= 0.3 is 12.1 Å². The van der Waals surface area contributed by atoms with Crippen LogP contribution in [0.4, 0.5) is 18.9 Å². The number of thiophene rings is 1. The van der Waals surface area contributed by atoms with E-state index in [1.54, 1.807) is 30.3 Å². The van der Waals surface area contributed by atoms with E-state index in [2.05, 4.69) is 5.32 Å². The van der Waals surface area contributed by atoms with Gasteiger partial charge in [-0.25, -0.2) is 13.2 Å². The Hall–Kier alpha value is -3.64. The summed E-state index contributed by atoms with van der Waals surface area (Å²) < 4.78 is 68.2. The van der Waals surface area contributed by atoms with Crippen LogP contribution in [0.2, 0.25) is 0 Å². The normalized spacial score (nSPS) is 12.3. The van der Waals surface area contributed by atoms with Gasteiger partial charge in [0.15, 0.2) is 16.4 Å². The number of halogens is 3. The van der Waals surface area contributed by atoms with Gasteiger partial charge in [0, 0.05) is 22.9 Å². The summed E-state index contributed by atoms with van der Waals surface area (Å²) >= 11 is 1.11. The second-order valence-corrected chi connectivity index (χ2v) is 10.4. The van der Waals surface area contributed by atoms with E-state index >= 15 is 0 Å². The number of alkyl halides is 3. The molecule has 0 bridgehead atoms. The third-order valence-electron chi connectivity index (χ3n) is 4.49. The highest BCUT2D eigenvalue weighted by Gasteiger charge is 2.33. The molecule has 184 valence electrons. The lowest BCUT2D eigenvalue weighted by Crippen LogP contribution is -2.20. The first-order valence-corrected chi connectivity index (χ1v) is 12.5. The maximum atomic E-state index is 13.1. The number of ether oxygens (including phenoxy) is 1. The third-order valence-corrected chi connectivity index (χ3v) is 6.77. The fourth-order valence-corrected chi connectivity index (χ4v) is 4.52. The van der Waals surface area contributed by atoms with Gasteiger partial charge in [-0.3, -0.25) is 5.41 Å². The zero-order valence-electron chi connectivity index (χ0n) is 18.1. The summed E-state index contributed by atoms with van der Waals surface area (Å²) in [7, 11) is -3.45. The number of allylic oxidation sites excluding steroid dienone is 1. The van der Waals surface area contributed by atoms with E-state index in [1.165, 1.54) is 30.3 Å². The van der Waals surface area contributed by atoms with E-state index in [1.807, 2.05) is 0 Å². The highest BCUT2D eigenvalue weighted by Crippen LogP contribution is 2.34. The first-order valence-electron chi connectivity index (χ1n) is 9.83. The first-order chi connectivity index (χ1) is 16.3. The predicted octanol–water partition coefficient (Wildman–Crippen LogP) is 5.32. The lowest BCUT2D eigenvalue weighted by molar-refractivity contribution is -0.139. The zero-order chi connectivity index (χ0) is 25.8. The zero-order valence-corrected chi connectivity index (χ0v) is 19.7. The Balaban J connectivity index is 1.97. The van der Waals surface area contributed by atoms with Crippen LogP contribution in [-0.2, 0) is 14.6 Å². The molecule has 0 spiro atoms. The predicted molar refractivity (Wildman–Crippen MR) is 128 cm³/mol. The molecule has 0 radical (unpaired) electrons. The number of sulfone groups is 1. The van der Waals surface area contributed by atoms with E-state index in [4.69, 9.17) is 15.3 Å². The van der Waals surface area contributed by atoms with Crippen LogP contribution in [0.1, 0.15) is 4.88 Å². The van der Waals surface area contributed by atoms with Crippen molar-refractivity contribution in [1.29, 1.82) is 5.41 Å². The number of anilines is 1. The van der Waals surface area contributed by atoms with Crippen LogP contribution in [-0.4, -0.2) is 44.2 Å². The van der Waals surface area contributed by atoms with Crippen molar-refractivity contribution in [2.24, 2.45) is 0 Å². The number of benzene rings is 2. The molecule has 0 saturated carbocycles. The lowest BCUT2D eigenvalue weighted by atomic mass is 10.2. The van der Waals surface area contributed by atoms with E-state index in [9.17, 15) is 26.4 Å². The molecule has 35 heavy (non-hydrogen) atoms. The van der Waals surface area contributed by atoms with E-state index in [0.717, 1.165) is 17.6 Å². The molecule has 7 nitrogen and oxygen atoms in total. The number of rotatable bonds is 9. The molecule has 0 amide bonds. The monoisotopic (exact) mass is 524 g/mol. The van der Waals surface area contributed by atoms with Gasteiger partial charge in [0.05, 0.1) is 15.5 Å². The summed E-state index contributed by atoms with van der Waals surface area (Å²) in [5, 5.41) is 19.0. The Morgan fingerprint density at radius 2 is 1.86 bits per heavy atom. The van der Waals surface area contributed by atoms with E-state index in [0.29, 0.717) is 27.1 Å². The summed E-state index contributed by atoms with van der Waals surface area (Å²) in [6, 6.07) is 15.4. The molecule has 1 aromatic heterocycles. The molecule has 0 atom stereocenters. The molecular weight excluding hydrogens is 505 g/mol. The van der Waals surface area contributed by atoms with Crippen molar-refractivity contribution < 1.29 is 36.2 Å². The number of nitrogens with one attached hydrogen (secondary N) is 2. The second kappa shape index (κ2) is 10.3. The van der Waals surface area contributed by atoms with Crippen molar-refractivity contribution >= 4 is 44.2 Å². The maximum Gasteiger partial charge on any atom is 0.432 e. The molecule has 3 rings (SSSR count). The third kappa shape index (κ3) is 7.17. The summed E-state index contributed by atoms with van der Waals surface area (Å²) in [4.78, 5) is 11.8. The van der Waals surface area contributed by atoms with Crippen LogP contribution in [0.25, 0.3) is 16.1 Å². The number of carboxylic acid groups (broad SMARTS) is 1. The van der Waals surface area contributed by atoms with Gasteiger partial charge in [-0.15, -0.1) is 11.3 Å². The van der Waals surface area contributed by atoms with Crippen molar-refractivity contribution in [3.63, 3.8) is 0 Å². The number of carbonyl (C=O) groups is 1. The Bertz CT molecular complexity index is 1400. The summed E-state index contributed by atoms with van der Waals surface area (Å²) in [6.45, 7) is -0.592. The van der Waals surface area contributed by atoms with Crippen molar-refractivity contribution in [1.82, 2.24) is 0 Å². The minimum absolute atomic E-state index is 0.0294. The van der Waals surface area contributed by atoms with Crippen molar-refractivity contribution in [3.8, 4) is 16.2 Å². The van der Waals surface area contributed by atoms with Gasteiger partial charge < -0.3 is 15.2 Å². The lowest BCUT2D eigenvalue weighted by Gasteiger charge is -2.13. The summed E-state index contributed by atoms with van der Waals surface area (Å²) in [6.07, 6.45) is -3.15. The Kier molecular flexibility index (Phi) is 7.66. The van der Waals surface area contributed by atoms with E-state index in [-0.39, 0.29) is 16.3 Å². The Morgan fingerprint density at radius 3 is 2.51 bits per heavy atom. The minimum atomic E-state index is -4.87. The number of hydrogen-bond donors (Lipinski definition) is 3. The van der Waals surface area contributed by atoms with Gasteiger partial charge in [0.1, 0.15) is 11.5 Å².